The minimum atomic E-state index is -0.230. The number of nitrogens with one attached hydrogen (secondary N) is 1. The lowest BCUT2D eigenvalue weighted by molar-refractivity contribution is -0.132. The van der Waals surface area contributed by atoms with Crippen LogP contribution in [0.1, 0.15) is 46.6 Å². The molecule has 0 spiro atoms. The summed E-state index contributed by atoms with van der Waals surface area (Å²) in [7, 11) is 0. The van der Waals surface area contributed by atoms with E-state index in [9.17, 15) is 9.59 Å². The molecule has 31 heavy (non-hydrogen) atoms. The van der Waals surface area contributed by atoms with Gasteiger partial charge in [-0.2, -0.15) is 0 Å². The van der Waals surface area contributed by atoms with Gasteiger partial charge in [0.2, 0.25) is 5.91 Å². The molecule has 0 radical (unpaired) electrons. The van der Waals surface area contributed by atoms with E-state index in [2.05, 4.69) is 10.5 Å². The van der Waals surface area contributed by atoms with E-state index in [1.807, 2.05) is 60.7 Å². The van der Waals surface area contributed by atoms with Crippen molar-refractivity contribution in [1.82, 2.24) is 15.4 Å². The first-order chi connectivity index (χ1) is 15.2. The van der Waals surface area contributed by atoms with Gasteiger partial charge in [-0.25, -0.2) is 0 Å². The molecule has 1 aliphatic rings. The van der Waals surface area contributed by atoms with Crippen LogP contribution in [-0.4, -0.2) is 28.4 Å². The Morgan fingerprint density at radius 3 is 2.32 bits per heavy atom. The van der Waals surface area contributed by atoms with Gasteiger partial charge in [0.25, 0.3) is 5.91 Å². The molecule has 1 heterocycles. The summed E-state index contributed by atoms with van der Waals surface area (Å²) in [4.78, 5) is 27.0. The Balaban J connectivity index is 1.41. The Labute approximate surface area is 182 Å². The van der Waals surface area contributed by atoms with E-state index < -0.39 is 0 Å². The van der Waals surface area contributed by atoms with Crippen LogP contribution in [0, 0.1) is 5.92 Å². The van der Waals surface area contributed by atoms with Crippen molar-refractivity contribution in [2.45, 2.75) is 38.8 Å². The van der Waals surface area contributed by atoms with Gasteiger partial charge in [0.15, 0.2) is 11.5 Å². The van der Waals surface area contributed by atoms with E-state index in [1.54, 1.807) is 11.0 Å². The maximum absolute atomic E-state index is 13.0. The summed E-state index contributed by atoms with van der Waals surface area (Å²) < 4.78 is 5.38. The van der Waals surface area contributed by atoms with E-state index in [-0.39, 0.29) is 24.1 Å². The van der Waals surface area contributed by atoms with Crippen molar-refractivity contribution in [3.63, 3.8) is 0 Å². The molecule has 160 valence electrons. The molecule has 1 saturated carbocycles. The molecule has 0 atom stereocenters. The fourth-order valence-electron chi connectivity index (χ4n) is 3.42. The molecule has 2 aromatic carbocycles. The highest BCUT2D eigenvalue weighted by Gasteiger charge is 2.23. The van der Waals surface area contributed by atoms with Crippen molar-refractivity contribution in [3.8, 4) is 0 Å². The van der Waals surface area contributed by atoms with Crippen molar-refractivity contribution >= 4 is 11.8 Å². The highest BCUT2D eigenvalue weighted by atomic mass is 16.5. The van der Waals surface area contributed by atoms with Crippen molar-refractivity contribution in [1.29, 1.82) is 0 Å². The second-order valence-corrected chi connectivity index (χ2v) is 8.05. The number of carbonyl (C=O) groups is 2. The molecule has 0 unspecified atom stereocenters. The zero-order valence-electron chi connectivity index (χ0n) is 17.5. The fraction of sp³-hybridized carbons (Fsp3) is 0.320. The Morgan fingerprint density at radius 2 is 1.65 bits per heavy atom. The number of hydrogen-bond donors (Lipinski definition) is 1. The molecule has 6 nitrogen and oxygen atoms in total. The van der Waals surface area contributed by atoms with Crippen LogP contribution in [0.5, 0.6) is 0 Å². The standard InChI is InChI=1S/C25H27N3O3/c29-24(14-13-19-7-3-1-4-8-19)28(17-21-9-5-2-6-10-21)18-22-15-23(27-31-22)25(30)26-16-20-11-12-20/h1-10,15,20H,11-14,16-18H2,(H,26,30). The van der Waals surface area contributed by atoms with Crippen LogP contribution >= 0.6 is 0 Å². The van der Waals surface area contributed by atoms with Crippen LogP contribution in [0.15, 0.2) is 71.3 Å². The second kappa shape index (κ2) is 10.1. The van der Waals surface area contributed by atoms with Gasteiger partial charge in [-0.15, -0.1) is 0 Å². The smallest absolute Gasteiger partial charge is 0.273 e. The largest absolute Gasteiger partial charge is 0.359 e. The van der Waals surface area contributed by atoms with E-state index in [1.165, 1.54) is 12.8 Å². The zero-order chi connectivity index (χ0) is 21.5. The average molecular weight is 418 g/mol. The SMILES string of the molecule is O=C(NCC1CC1)c1cc(CN(Cc2ccccc2)C(=O)CCc2ccccc2)on1. The Morgan fingerprint density at radius 1 is 0.968 bits per heavy atom. The maximum Gasteiger partial charge on any atom is 0.273 e. The first-order valence-electron chi connectivity index (χ1n) is 10.8. The summed E-state index contributed by atoms with van der Waals surface area (Å²) >= 11 is 0. The van der Waals surface area contributed by atoms with Crippen molar-refractivity contribution in [2.75, 3.05) is 6.54 Å². The minimum absolute atomic E-state index is 0.0313. The molecular formula is C25H27N3O3. The van der Waals surface area contributed by atoms with Crippen LogP contribution in [0.4, 0.5) is 0 Å². The van der Waals surface area contributed by atoms with Gasteiger partial charge in [-0.3, -0.25) is 9.59 Å². The molecule has 6 heteroatoms. The summed E-state index contributed by atoms with van der Waals surface area (Å²) in [5, 5.41) is 6.79. The number of carbonyl (C=O) groups excluding carboxylic acids is 2. The quantitative estimate of drug-likeness (QED) is 0.541. The van der Waals surface area contributed by atoms with Crippen molar-refractivity contribution in [3.05, 3.63) is 89.3 Å². The molecule has 0 bridgehead atoms. The maximum atomic E-state index is 13.0. The average Bonchev–Trinajstić information content (AvgIpc) is 3.52. The van der Waals surface area contributed by atoms with Gasteiger partial charge in [0.1, 0.15) is 0 Å². The number of hydrogen-bond acceptors (Lipinski definition) is 4. The highest BCUT2D eigenvalue weighted by molar-refractivity contribution is 5.92. The third kappa shape index (κ3) is 6.28. The molecule has 3 aromatic rings. The topological polar surface area (TPSA) is 75.4 Å². The molecule has 0 aliphatic heterocycles. The van der Waals surface area contributed by atoms with Crippen LogP contribution < -0.4 is 5.32 Å². The van der Waals surface area contributed by atoms with Gasteiger partial charge in [-0.05, 0) is 36.3 Å². The van der Waals surface area contributed by atoms with Crippen LogP contribution in [0.2, 0.25) is 0 Å². The van der Waals surface area contributed by atoms with E-state index in [0.29, 0.717) is 37.6 Å². The van der Waals surface area contributed by atoms with Crippen LogP contribution in [0.25, 0.3) is 0 Å². The lowest BCUT2D eigenvalue weighted by atomic mass is 10.1. The fourth-order valence-corrected chi connectivity index (χ4v) is 3.42. The van der Waals surface area contributed by atoms with Gasteiger partial charge >= 0.3 is 0 Å². The molecule has 1 N–H and O–H groups in total. The monoisotopic (exact) mass is 417 g/mol. The highest BCUT2D eigenvalue weighted by Crippen LogP contribution is 2.27. The number of aromatic nitrogens is 1. The molecular weight excluding hydrogens is 390 g/mol. The van der Waals surface area contributed by atoms with Gasteiger partial charge in [0.05, 0.1) is 6.54 Å². The molecule has 1 fully saturated rings. The Hall–Kier alpha value is -3.41. The first kappa shape index (κ1) is 20.8. The Kier molecular flexibility index (Phi) is 6.77. The number of amides is 2. The molecule has 1 aromatic heterocycles. The zero-order valence-corrected chi connectivity index (χ0v) is 17.5. The summed E-state index contributed by atoms with van der Waals surface area (Å²) in [6.07, 6.45) is 3.42. The third-order valence-corrected chi connectivity index (χ3v) is 5.43. The summed E-state index contributed by atoms with van der Waals surface area (Å²) in [5.41, 5.74) is 2.43. The lowest BCUT2D eigenvalue weighted by Crippen LogP contribution is -2.30. The lowest BCUT2D eigenvalue weighted by Gasteiger charge is -2.21. The van der Waals surface area contributed by atoms with Crippen molar-refractivity contribution in [2.24, 2.45) is 5.92 Å². The summed E-state index contributed by atoms with van der Waals surface area (Å²) in [6, 6.07) is 21.5. The number of benzene rings is 2. The normalized spacial score (nSPS) is 13.0. The van der Waals surface area contributed by atoms with Crippen LogP contribution in [0.3, 0.4) is 0 Å². The molecule has 2 amide bonds. The Bertz CT molecular complexity index is 997. The summed E-state index contributed by atoms with van der Waals surface area (Å²) in [5.74, 6) is 0.898. The number of aryl methyl sites for hydroxylation is 1. The number of rotatable bonds is 10. The molecule has 0 saturated heterocycles. The second-order valence-electron chi connectivity index (χ2n) is 8.05. The predicted molar refractivity (Wildman–Crippen MR) is 117 cm³/mol. The van der Waals surface area contributed by atoms with E-state index in [4.69, 9.17) is 4.52 Å². The van der Waals surface area contributed by atoms with Crippen LogP contribution in [-0.2, 0) is 24.3 Å². The van der Waals surface area contributed by atoms with Gasteiger partial charge in [-0.1, -0.05) is 65.8 Å². The summed E-state index contributed by atoms with van der Waals surface area (Å²) in [6.45, 7) is 1.42. The first-order valence-corrected chi connectivity index (χ1v) is 10.8. The van der Waals surface area contributed by atoms with E-state index in [0.717, 1.165) is 11.1 Å². The van der Waals surface area contributed by atoms with E-state index >= 15 is 0 Å². The third-order valence-electron chi connectivity index (χ3n) is 5.43. The minimum Gasteiger partial charge on any atom is -0.359 e. The molecule has 1 aliphatic carbocycles. The predicted octanol–water partition coefficient (Wildman–Crippen LogP) is 3.98. The van der Waals surface area contributed by atoms with Gasteiger partial charge in [0, 0.05) is 25.6 Å². The number of nitrogens with zero attached hydrogens (tertiary/aromatic N) is 2. The van der Waals surface area contributed by atoms with Crippen molar-refractivity contribution < 1.29 is 14.1 Å². The van der Waals surface area contributed by atoms with Gasteiger partial charge < -0.3 is 14.7 Å². The molecule has 4 rings (SSSR count).